The maximum Gasteiger partial charge on any atom is 0.336 e. The van der Waals surface area contributed by atoms with Gasteiger partial charge in [0.05, 0.1) is 33.7 Å². The number of phenolic OH excluding ortho intramolecular Hbond substituents is 1. The van der Waals surface area contributed by atoms with E-state index in [0.29, 0.717) is 40.1 Å². The normalized spacial score (nSPS) is 13.5. The van der Waals surface area contributed by atoms with Crippen LogP contribution in [-0.4, -0.2) is 83.8 Å². The Morgan fingerprint density at radius 1 is 0.721 bits per heavy atom. The number of anilines is 2. The number of ether oxygens (including phenoxy) is 3. The van der Waals surface area contributed by atoms with Gasteiger partial charge in [-0.1, -0.05) is 113 Å². The van der Waals surface area contributed by atoms with E-state index in [-0.39, 0.29) is 74.9 Å². The van der Waals surface area contributed by atoms with E-state index in [1.165, 1.54) is 28.9 Å². The molecule has 0 fully saturated rings. The van der Waals surface area contributed by atoms with Crippen molar-refractivity contribution in [1.29, 1.82) is 5.26 Å². The summed E-state index contributed by atoms with van der Waals surface area (Å²) < 4.78 is 42.1. The molecule has 0 saturated carbocycles. The molecule has 86 heavy (non-hydrogen) atoms. The van der Waals surface area contributed by atoms with Crippen LogP contribution in [0.2, 0.25) is 10.0 Å². The molecule has 4 heterocycles. The molecule has 2 aromatic heterocycles. The van der Waals surface area contributed by atoms with Crippen molar-refractivity contribution in [3.05, 3.63) is 218 Å². The number of hydrogen-bond acceptors (Lipinski definition) is 15. The van der Waals surface area contributed by atoms with E-state index in [4.69, 9.17) is 53.2 Å². The zero-order valence-corrected chi connectivity index (χ0v) is 49.7. The summed E-state index contributed by atoms with van der Waals surface area (Å²) >= 11 is 10.2. The summed E-state index contributed by atoms with van der Waals surface area (Å²) in [5, 5.41) is 28.8. The summed E-state index contributed by atoms with van der Waals surface area (Å²) in [4.78, 5) is 38.2. The van der Waals surface area contributed by atoms with Gasteiger partial charge in [-0.25, -0.2) is 34.3 Å². The van der Waals surface area contributed by atoms with E-state index < -0.39 is 17.2 Å². The number of allylic oxidation sites excluding steroid dienone is 3. The fraction of sp³-hybridized carbons (Fsp3) is 0.141. The maximum atomic E-state index is 14.0. The smallest absolute Gasteiger partial charge is 0.336 e. The predicted octanol–water partition coefficient (Wildman–Crippen LogP) is 13.4. The summed E-state index contributed by atoms with van der Waals surface area (Å²) in [5.74, 6) is 2.15. The van der Waals surface area contributed by atoms with Gasteiger partial charge in [-0.2, -0.15) is 14.2 Å². The minimum absolute atomic E-state index is 0.0166. The molecule has 19 nitrogen and oxygen atoms in total. The molecule has 2 N–H and O–H groups in total. The third-order valence-corrected chi connectivity index (χ3v) is 14.6. The van der Waals surface area contributed by atoms with Crippen molar-refractivity contribution in [2.75, 3.05) is 36.9 Å². The largest absolute Gasteiger partial charge is 0.505 e. The van der Waals surface area contributed by atoms with Crippen molar-refractivity contribution in [2.24, 2.45) is 9.98 Å². The van der Waals surface area contributed by atoms with Gasteiger partial charge in [-0.15, -0.1) is 10.2 Å². The third kappa shape index (κ3) is 13.0. The average molecular weight is 1200 g/mol. The van der Waals surface area contributed by atoms with Crippen LogP contribution < -0.4 is 28.0 Å². The number of halogens is 2. The molecule has 0 saturated heterocycles. The van der Waals surface area contributed by atoms with Crippen LogP contribution in [0.1, 0.15) is 40.8 Å². The second-order valence-electron chi connectivity index (χ2n) is 19.8. The molecule has 2 aliphatic heterocycles. The number of carbonyl (C=O) groups excluding carboxylic acids is 1. The predicted molar refractivity (Wildman–Crippen MR) is 334 cm³/mol. The lowest BCUT2D eigenvalue weighted by atomic mass is 10.1. The van der Waals surface area contributed by atoms with Crippen LogP contribution in [0.3, 0.4) is 0 Å². The van der Waals surface area contributed by atoms with Gasteiger partial charge in [0.1, 0.15) is 41.9 Å². The number of nitrogens with one attached hydrogen (secondary N) is 1. The van der Waals surface area contributed by atoms with Crippen LogP contribution in [-0.2, 0) is 16.1 Å². The Bertz CT molecular complexity index is 4330. The van der Waals surface area contributed by atoms with Gasteiger partial charge in [0, 0.05) is 42.5 Å². The van der Waals surface area contributed by atoms with Gasteiger partial charge in [0.2, 0.25) is 5.70 Å². The molecule has 0 bridgehead atoms. The van der Waals surface area contributed by atoms with Gasteiger partial charge in [-0.3, -0.25) is 4.72 Å². The highest BCUT2D eigenvalue weighted by Crippen LogP contribution is 2.39. The molecule has 0 aliphatic carbocycles. The van der Waals surface area contributed by atoms with Crippen molar-refractivity contribution in [3.8, 4) is 57.6 Å². The van der Waals surface area contributed by atoms with Crippen LogP contribution in [0.25, 0.3) is 38.8 Å². The Labute approximate surface area is 508 Å². The quantitative estimate of drug-likeness (QED) is 0.0398. The molecule has 11 rings (SSSR count). The van der Waals surface area contributed by atoms with E-state index in [1.54, 1.807) is 28.9 Å². The Kier molecular flexibility index (Phi) is 17.5. The number of fused-ring (bicyclic) bond motifs is 2. The van der Waals surface area contributed by atoms with E-state index in [9.17, 15) is 19.4 Å². The fourth-order valence-electron chi connectivity index (χ4n) is 8.81. The highest BCUT2D eigenvalue weighted by Gasteiger charge is 2.38. The Balaban J connectivity index is 0.000000244. The van der Waals surface area contributed by atoms with E-state index in [0.717, 1.165) is 50.5 Å². The number of benzene rings is 7. The van der Waals surface area contributed by atoms with Gasteiger partial charge in [0.15, 0.2) is 52.2 Å². The third-order valence-electron chi connectivity index (χ3n) is 13.3. The number of rotatable bonds is 16. The zero-order valence-electron chi connectivity index (χ0n) is 47.3. The lowest BCUT2D eigenvalue weighted by Gasteiger charge is -2.14. The molecule has 430 valence electrons. The molecule has 9 aromatic rings. The van der Waals surface area contributed by atoms with E-state index in [2.05, 4.69) is 51.8 Å². The topological polar surface area (TPSA) is 221 Å². The molecular weight excluding hydrogens is 1150 g/mol. The zero-order chi connectivity index (χ0) is 60.8. The Morgan fingerprint density at radius 2 is 1.36 bits per heavy atom. The van der Waals surface area contributed by atoms with Crippen LogP contribution in [0, 0.1) is 45.6 Å². The number of esters is 1. The number of nitriles is 1. The first-order valence-electron chi connectivity index (χ1n) is 26.5. The number of aromatic nitrogens is 6. The molecular formula is C64H52Cl2N12O7S. The minimum atomic E-state index is -2.11. The van der Waals surface area contributed by atoms with Gasteiger partial charge >= 0.3 is 17.2 Å². The minimum Gasteiger partial charge on any atom is -0.505 e. The summed E-state index contributed by atoms with van der Waals surface area (Å²) in [5.41, 5.74) is 8.97. The lowest BCUT2D eigenvalue weighted by Crippen LogP contribution is -2.14. The second-order valence-corrected chi connectivity index (χ2v) is 21.5. The highest BCUT2D eigenvalue weighted by molar-refractivity contribution is 7.82. The first kappa shape index (κ1) is 58.8. The molecule has 1 unspecified atom stereocenters. The Morgan fingerprint density at radius 3 is 2.02 bits per heavy atom. The van der Waals surface area contributed by atoms with Gasteiger partial charge in [-0.05, 0) is 112 Å². The van der Waals surface area contributed by atoms with Crippen LogP contribution in [0.15, 0.2) is 173 Å². The number of nitrogens with zero attached hydrogens (tertiary/aromatic N) is 11. The molecule has 1 atom stereocenters. The average Bonchev–Trinajstić information content (AvgIpc) is 2.31. The first-order valence-corrected chi connectivity index (χ1v) is 28.3. The Hall–Kier alpha value is -10.4. The summed E-state index contributed by atoms with van der Waals surface area (Å²) in [7, 11) is 4.02. The summed E-state index contributed by atoms with van der Waals surface area (Å²) in [6.07, 6.45) is 0. The molecule has 22 heteroatoms. The molecule has 0 spiro atoms. The van der Waals surface area contributed by atoms with Crippen molar-refractivity contribution in [1.82, 2.24) is 29.5 Å². The monoisotopic (exact) mass is 1200 g/mol. The number of aromatic hydroxyl groups is 1. The van der Waals surface area contributed by atoms with Crippen LogP contribution >= 0.6 is 23.2 Å². The van der Waals surface area contributed by atoms with E-state index in [1.807, 2.05) is 146 Å². The van der Waals surface area contributed by atoms with Gasteiger partial charge in [0.25, 0.3) is 0 Å². The van der Waals surface area contributed by atoms with Crippen molar-refractivity contribution in [3.63, 3.8) is 0 Å². The number of hydrogen-bond donors (Lipinski definition) is 2. The fourth-order valence-corrected chi connectivity index (χ4v) is 9.94. The number of carbonyl (C=O) groups is 1. The number of phenols is 1. The molecule has 0 amide bonds. The molecule has 7 aromatic carbocycles. The maximum absolute atomic E-state index is 14.0. The number of aryl methyl sites for hydroxylation is 4. The summed E-state index contributed by atoms with van der Waals surface area (Å²) in [6, 6.07) is 47.4. The van der Waals surface area contributed by atoms with Crippen molar-refractivity contribution < 1.29 is 32.5 Å². The van der Waals surface area contributed by atoms with Crippen molar-refractivity contribution in [2.45, 2.75) is 34.6 Å². The van der Waals surface area contributed by atoms with E-state index >= 15 is 0 Å². The number of aliphatic imine (C=N–C) groups is 2. The van der Waals surface area contributed by atoms with Gasteiger partial charge < -0.3 is 28.4 Å². The van der Waals surface area contributed by atoms with Crippen LogP contribution in [0.4, 0.5) is 22.7 Å². The van der Waals surface area contributed by atoms with Crippen LogP contribution in [0.5, 0.6) is 28.7 Å². The first-order chi connectivity index (χ1) is 41.4. The SMILES string of the molecule is CC1=C(C#N)c2nc(-c3ccccc3)nn2C1=Nc1ccc(N(C)C)cc1C.[C-]#[N+]C1=C(C(=O)Oc2cccc(NS(=O)Oc3cc(C)ccc3OCCOc3ccc(C)cc3)c2)c2nc(-c3ccc(C)cc3)nn2C1=Nc1cc(Cl)c(O)c(Cl)c1. The molecule has 0 radical (unpaired) electrons. The lowest BCUT2D eigenvalue weighted by molar-refractivity contribution is -0.128. The highest BCUT2D eigenvalue weighted by atomic mass is 35.5. The summed E-state index contributed by atoms with van der Waals surface area (Å²) in [6.45, 7) is 18.3. The second kappa shape index (κ2) is 25.6. The standard InChI is InChI=1S/C42H32Cl2N6O7S.C22H20N6/c1-24-8-13-27(14-9-24)39-47-40-36(37(45-4)41(50(40)48-39)46-29-22-32(43)38(51)33(44)23-29)42(52)56-31-7-5-6-28(21-31)49-58(53)57-35-20-26(3)12-17-34(35)55-19-18-54-30-15-10-25(2)11-16-30;1-14-12-17(27(3)4)10-11-19(14)24-21-15(2)18(13-23)22-25-20(26-28(21)22)16-8-6-5-7-9-16/h5-17,20-23,49,51H,18-19H2,1-3H3;5-12H,1-4H3. The van der Waals surface area contributed by atoms with Crippen molar-refractivity contribution >= 4 is 86.0 Å². The molecule has 2 aliphatic rings.